The number of carboxylic acids is 2. The molecule has 1 heterocycles. The molecule has 1 atom stereocenters. The number of carboxylic acid groups (broad SMARTS) is 2. The van der Waals surface area contributed by atoms with Crippen LogP contribution in [0.2, 0.25) is 0 Å². The van der Waals surface area contributed by atoms with Gasteiger partial charge in [-0.1, -0.05) is 0 Å². The highest BCUT2D eigenvalue weighted by Gasteiger charge is 2.31. The molecule has 0 bridgehead atoms. The number of aliphatic carboxylic acids is 1. The van der Waals surface area contributed by atoms with E-state index in [0.717, 1.165) is 18.5 Å². The van der Waals surface area contributed by atoms with Crippen molar-refractivity contribution in [2.45, 2.75) is 38.1 Å². The summed E-state index contributed by atoms with van der Waals surface area (Å²) < 4.78 is 1.31. The largest absolute Gasteiger partial charge is 0.480 e. The first kappa shape index (κ1) is 13.5. The second-order valence-electron chi connectivity index (χ2n) is 4.73. The second-order valence-corrected chi connectivity index (χ2v) is 4.73. The Kier molecular flexibility index (Phi) is 3.84. The normalized spacial score (nSPS) is 18.1. The van der Waals surface area contributed by atoms with E-state index in [2.05, 4.69) is 5.10 Å². The highest BCUT2D eigenvalue weighted by molar-refractivity contribution is 5.88. The number of nitrogens with zero attached hydrogens (tertiary/aromatic N) is 2. The van der Waals surface area contributed by atoms with Crippen molar-refractivity contribution < 1.29 is 19.8 Å². The van der Waals surface area contributed by atoms with Gasteiger partial charge in [-0.25, -0.2) is 4.79 Å². The van der Waals surface area contributed by atoms with Gasteiger partial charge in [-0.3, -0.25) is 9.48 Å². The molecule has 0 amide bonds. The van der Waals surface area contributed by atoms with Gasteiger partial charge in [-0.05, 0) is 38.1 Å². The molecule has 0 aliphatic heterocycles. The molecule has 1 aromatic heterocycles. The fourth-order valence-corrected chi connectivity index (χ4v) is 2.77. The van der Waals surface area contributed by atoms with Gasteiger partial charge in [0, 0.05) is 11.3 Å². The molecule has 0 aromatic carbocycles. The van der Waals surface area contributed by atoms with Crippen molar-refractivity contribution in [2.75, 3.05) is 6.54 Å². The Labute approximate surface area is 110 Å². The number of hydrogen-bond acceptors (Lipinski definition) is 4. The third kappa shape index (κ3) is 2.60. The van der Waals surface area contributed by atoms with Gasteiger partial charge in [0.1, 0.15) is 6.54 Å². The Morgan fingerprint density at radius 3 is 2.74 bits per heavy atom. The van der Waals surface area contributed by atoms with E-state index >= 15 is 0 Å². The second kappa shape index (κ2) is 5.40. The van der Waals surface area contributed by atoms with E-state index in [1.165, 1.54) is 4.68 Å². The fraction of sp³-hybridized carbons (Fsp3) is 0.583. The van der Waals surface area contributed by atoms with Crippen LogP contribution >= 0.6 is 0 Å². The molecule has 2 rings (SSSR count). The molecule has 0 saturated heterocycles. The molecule has 19 heavy (non-hydrogen) atoms. The SMILES string of the molecule is NCCC1CCCc2c1c(C(=O)O)nn2CC(=O)O. The van der Waals surface area contributed by atoms with Crippen LogP contribution < -0.4 is 5.73 Å². The summed E-state index contributed by atoms with van der Waals surface area (Å²) in [7, 11) is 0. The summed E-state index contributed by atoms with van der Waals surface area (Å²) in [5.74, 6) is -2.06. The van der Waals surface area contributed by atoms with Crippen molar-refractivity contribution in [1.82, 2.24) is 9.78 Å². The van der Waals surface area contributed by atoms with Gasteiger partial charge in [0.2, 0.25) is 0 Å². The number of carbonyl (C=O) groups is 2. The Balaban J connectivity index is 2.48. The first-order valence-electron chi connectivity index (χ1n) is 6.29. The topological polar surface area (TPSA) is 118 Å². The maximum absolute atomic E-state index is 11.3. The minimum absolute atomic E-state index is 0.0191. The monoisotopic (exact) mass is 267 g/mol. The molecule has 1 unspecified atom stereocenters. The standard InChI is InChI=1S/C12H17N3O4/c13-5-4-7-2-1-3-8-10(7)11(12(18)19)14-15(8)6-9(16)17/h7H,1-6,13H2,(H,16,17)(H,18,19). The number of rotatable bonds is 5. The van der Waals surface area contributed by atoms with E-state index in [1.54, 1.807) is 0 Å². The lowest BCUT2D eigenvalue weighted by molar-refractivity contribution is -0.137. The number of nitrogens with two attached hydrogens (primary N) is 1. The molecule has 1 aliphatic carbocycles. The van der Waals surface area contributed by atoms with Crippen molar-refractivity contribution in [3.8, 4) is 0 Å². The van der Waals surface area contributed by atoms with Crippen molar-refractivity contribution in [3.05, 3.63) is 17.0 Å². The lowest BCUT2D eigenvalue weighted by Crippen LogP contribution is -2.18. The van der Waals surface area contributed by atoms with Crippen LogP contribution in [-0.2, 0) is 17.8 Å². The lowest BCUT2D eigenvalue weighted by atomic mass is 9.83. The highest BCUT2D eigenvalue weighted by Crippen LogP contribution is 2.36. The first-order chi connectivity index (χ1) is 9.04. The molecule has 0 radical (unpaired) electrons. The maximum Gasteiger partial charge on any atom is 0.356 e. The van der Waals surface area contributed by atoms with Crippen LogP contribution in [0.5, 0.6) is 0 Å². The zero-order chi connectivity index (χ0) is 14.0. The van der Waals surface area contributed by atoms with E-state index in [4.69, 9.17) is 10.8 Å². The van der Waals surface area contributed by atoms with E-state index in [-0.39, 0.29) is 18.2 Å². The van der Waals surface area contributed by atoms with Crippen LogP contribution in [0, 0.1) is 0 Å². The number of hydrogen-bond donors (Lipinski definition) is 3. The average Bonchev–Trinajstić information content (AvgIpc) is 2.69. The summed E-state index contributed by atoms with van der Waals surface area (Å²) in [4.78, 5) is 22.1. The third-order valence-electron chi connectivity index (χ3n) is 3.48. The number of fused-ring (bicyclic) bond motifs is 1. The van der Waals surface area contributed by atoms with Gasteiger partial charge in [0.25, 0.3) is 0 Å². The average molecular weight is 267 g/mol. The summed E-state index contributed by atoms with van der Waals surface area (Å²) in [5.41, 5.74) is 6.97. The van der Waals surface area contributed by atoms with Crippen LogP contribution in [0.4, 0.5) is 0 Å². The van der Waals surface area contributed by atoms with Gasteiger partial charge in [0.05, 0.1) is 0 Å². The third-order valence-corrected chi connectivity index (χ3v) is 3.48. The molecule has 1 aliphatic rings. The van der Waals surface area contributed by atoms with Gasteiger partial charge in [-0.15, -0.1) is 0 Å². The smallest absolute Gasteiger partial charge is 0.356 e. The summed E-state index contributed by atoms with van der Waals surface area (Å²) in [5, 5.41) is 22.0. The van der Waals surface area contributed by atoms with E-state index < -0.39 is 11.9 Å². The van der Waals surface area contributed by atoms with Crippen molar-refractivity contribution in [3.63, 3.8) is 0 Å². The van der Waals surface area contributed by atoms with Gasteiger partial charge in [-0.2, -0.15) is 5.10 Å². The van der Waals surface area contributed by atoms with Crippen LogP contribution in [0.1, 0.15) is 46.9 Å². The molecule has 0 fully saturated rings. The van der Waals surface area contributed by atoms with Gasteiger partial charge < -0.3 is 15.9 Å². The van der Waals surface area contributed by atoms with Crippen LogP contribution in [0.25, 0.3) is 0 Å². The summed E-state index contributed by atoms with van der Waals surface area (Å²) in [6.07, 6.45) is 3.15. The summed E-state index contributed by atoms with van der Waals surface area (Å²) in [6, 6.07) is 0. The molecule has 7 heteroatoms. The minimum Gasteiger partial charge on any atom is -0.480 e. The van der Waals surface area contributed by atoms with Crippen molar-refractivity contribution >= 4 is 11.9 Å². The predicted octanol–water partition coefficient (Wildman–Crippen LogP) is 0.435. The molecule has 104 valence electrons. The number of aromatic nitrogens is 2. The summed E-state index contributed by atoms with van der Waals surface area (Å²) >= 11 is 0. The Morgan fingerprint density at radius 2 is 2.16 bits per heavy atom. The zero-order valence-corrected chi connectivity index (χ0v) is 10.5. The molecular weight excluding hydrogens is 250 g/mol. The molecule has 1 aromatic rings. The van der Waals surface area contributed by atoms with E-state index in [1.807, 2.05) is 0 Å². The maximum atomic E-state index is 11.3. The highest BCUT2D eigenvalue weighted by atomic mass is 16.4. The Morgan fingerprint density at radius 1 is 1.42 bits per heavy atom. The molecule has 7 nitrogen and oxygen atoms in total. The van der Waals surface area contributed by atoms with E-state index in [9.17, 15) is 14.7 Å². The first-order valence-corrected chi connectivity index (χ1v) is 6.29. The summed E-state index contributed by atoms with van der Waals surface area (Å²) in [6.45, 7) is 0.179. The quantitative estimate of drug-likeness (QED) is 0.712. The predicted molar refractivity (Wildman–Crippen MR) is 66.2 cm³/mol. The minimum atomic E-state index is -1.11. The fourth-order valence-electron chi connectivity index (χ4n) is 2.77. The zero-order valence-electron chi connectivity index (χ0n) is 10.5. The Hall–Kier alpha value is -1.89. The van der Waals surface area contributed by atoms with Crippen LogP contribution in [0.15, 0.2) is 0 Å². The molecule has 4 N–H and O–H groups in total. The number of aromatic carboxylic acids is 1. The molecule has 0 saturated carbocycles. The van der Waals surface area contributed by atoms with Crippen LogP contribution in [0.3, 0.4) is 0 Å². The molecular formula is C12H17N3O4. The van der Waals surface area contributed by atoms with Crippen molar-refractivity contribution in [2.24, 2.45) is 5.73 Å². The van der Waals surface area contributed by atoms with Gasteiger partial charge in [0.15, 0.2) is 5.69 Å². The molecule has 0 spiro atoms. The van der Waals surface area contributed by atoms with Crippen molar-refractivity contribution in [1.29, 1.82) is 0 Å². The Bertz CT molecular complexity index is 509. The lowest BCUT2D eigenvalue weighted by Gasteiger charge is -2.23. The van der Waals surface area contributed by atoms with Gasteiger partial charge >= 0.3 is 11.9 Å². The van der Waals surface area contributed by atoms with Crippen LogP contribution in [-0.4, -0.2) is 38.5 Å². The van der Waals surface area contributed by atoms with E-state index in [0.29, 0.717) is 24.9 Å².